The maximum atomic E-state index is 13.9. The summed E-state index contributed by atoms with van der Waals surface area (Å²) in [4.78, 5) is 4.42. The van der Waals surface area contributed by atoms with Crippen molar-refractivity contribution in [3.63, 3.8) is 0 Å². The number of aromatic nitrogens is 1. The second kappa shape index (κ2) is 7.04. The van der Waals surface area contributed by atoms with Gasteiger partial charge in [0.05, 0.1) is 12.8 Å². The number of nitrogens with one attached hydrogen (secondary N) is 1. The molecule has 0 atom stereocenters. The fourth-order valence-corrected chi connectivity index (χ4v) is 1.95. The molecule has 0 saturated heterocycles. The van der Waals surface area contributed by atoms with Gasteiger partial charge < -0.3 is 14.8 Å². The molecule has 21 heavy (non-hydrogen) atoms. The summed E-state index contributed by atoms with van der Waals surface area (Å²) in [5.41, 5.74) is 2.21. The normalized spacial score (nSPS) is 10.5. The summed E-state index contributed by atoms with van der Waals surface area (Å²) in [6, 6.07) is 8.45. The fraction of sp³-hybridized carbons (Fsp3) is 0.312. The molecule has 112 valence electrons. The van der Waals surface area contributed by atoms with E-state index in [0.717, 1.165) is 11.4 Å². The lowest BCUT2D eigenvalue weighted by Crippen LogP contribution is -2.10. The Bertz CT molecular complexity index is 617. The first-order chi connectivity index (χ1) is 10.1. The van der Waals surface area contributed by atoms with Gasteiger partial charge in [0.1, 0.15) is 23.9 Å². The van der Waals surface area contributed by atoms with Gasteiger partial charge in [-0.1, -0.05) is 0 Å². The molecule has 4 nitrogen and oxygen atoms in total. The first kappa shape index (κ1) is 15.3. The van der Waals surface area contributed by atoms with Crippen LogP contribution in [0.1, 0.15) is 17.0 Å². The van der Waals surface area contributed by atoms with Crippen molar-refractivity contribution in [2.24, 2.45) is 0 Å². The average molecular weight is 290 g/mol. The molecule has 0 bridgehead atoms. The third-order valence-corrected chi connectivity index (χ3v) is 3.06. The van der Waals surface area contributed by atoms with Crippen molar-refractivity contribution in [3.05, 3.63) is 53.1 Å². The molecule has 0 aliphatic rings. The molecular weight excluding hydrogens is 271 g/mol. The summed E-state index contributed by atoms with van der Waals surface area (Å²) in [5, 5.41) is 3.04. The zero-order valence-corrected chi connectivity index (χ0v) is 12.4. The Kier molecular flexibility index (Phi) is 5.11. The molecule has 2 rings (SSSR count). The minimum atomic E-state index is -0.343. The quantitative estimate of drug-likeness (QED) is 0.888. The summed E-state index contributed by atoms with van der Waals surface area (Å²) < 4.78 is 24.5. The zero-order valence-electron chi connectivity index (χ0n) is 12.4. The number of methoxy groups -OCH3 is 1. The van der Waals surface area contributed by atoms with Gasteiger partial charge in [0, 0.05) is 23.9 Å². The van der Waals surface area contributed by atoms with Crippen molar-refractivity contribution < 1.29 is 13.9 Å². The number of ether oxygens (including phenoxy) is 2. The predicted octanol–water partition coefficient (Wildman–Crippen LogP) is 2.84. The molecule has 0 spiro atoms. The van der Waals surface area contributed by atoms with Crippen molar-refractivity contribution >= 4 is 0 Å². The first-order valence-electron chi connectivity index (χ1n) is 6.70. The second-order valence-corrected chi connectivity index (χ2v) is 4.67. The molecular formula is C16H19FN2O2. The van der Waals surface area contributed by atoms with Crippen LogP contribution in [0.15, 0.2) is 30.3 Å². The average Bonchev–Trinajstić information content (AvgIpc) is 2.48. The molecule has 0 aliphatic carbocycles. The molecule has 5 heteroatoms. The molecule has 0 fully saturated rings. The van der Waals surface area contributed by atoms with E-state index in [1.807, 2.05) is 26.1 Å². The number of benzene rings is 1. The molecule has 0 unspecified atom stereocenters. The van der Waals surface area contributed by atoms with E-state index in [2.05, 4.69) is 10.3 Å². The van der Waals surface area contributed by atoms with E-state index in [4.69, 9.17) is 9.47 Å². The minimum absolute atomic E-state index is 0.150. The van der Waals surface area contributed by atoms with E-state index in [1.165, 1.54) is 13.2 Å². The lowest BCUT2D eigenvalue weighted by atomic mass is 10.2. The van der Waals surface area contributed by atoms with Crippen LogP contribution in [0.2, 0.25) is 0 Å². The van der Waals surface area contributed by atoms with Gasteiger partial charge >= 0.3 is 0 Å². The van der Waals surface area contributed by atoms with Crippen LogP contribution in [-0.2, 0) is 13.2 Å². The molecule has 0 radical (unpaired) electrons. The maximum absolute atomic E-state index is 13.9. The van der Waals surface area contributed by atoms with Crippen LogP contribution >= 0.6 is 0 Å². The highest BCUT2D eigenvalue weighted by molar-refractivity contribution is 5.31. The third-order valence-electron chi connectivity index (χ3n) is 3.06. The number of pyridine rings is 1. The van der Waals surface area contributed by atoms with E-state index < -0.39 is 0 Å². The van der Waals surface area contributed by atoms with E-state index >= 15 is 0 Å². The third kappa shape index (κ3) is 3.92. The summed E-state index contributed by atoms with van der Waals surface area (Å²) in [6.45, 7) is 2.67. The van der Waals surface area contributed by atoms with Gasteiger partial charge in [0.25, 0.3) is 0 Å². The molecule has 2 aromatic rings. The Labute approximate surface area is 123 Å². The van der Waals surface area contributed by atoms with Gasteiger partial charge in [0.15, 0.2) is 0 Å². The Balaban J connectivity index is 2.12. The van der Waals surface area contributed by atoms with Gasteiger partial charge in [-0.3, -0.25) is 4.98 Å². The molecule has 0 aliphatic heterocycles. The number of aryl methyl sites for hydroxylation is 1. The standard InChI is InChI=1S/C16H19FN2O2/c1-11-4-7-16(15(19-11)9-18-2)21-10-12-5-6-13(20-3)8-14(12)17/h4-8,18H,9-10H2,1-3H3. The second-order valence-electron chi connectivity index (χ2n) is 4.67. The lowest BCUT2D eigenvalue weighted by Gasteiger charge is -2.12. The van der Waals surface area contributed by atoms with Crippen LogP contribution < -0.4 is 14.8 Å². The number of rotatable bonds is 6. The van der Waals surface area contributed by atoms with E-state index in [1.54, 1.807) is 12.1 Å². The highest BCUT2D eigenvalue weighted by Crippen LogP contribution is 2.21. The first-order valence-corrected chi connectivity index (χ1v) is 6.70. The number of halogens is 1. The highest BCUT2D eigenvalue weighted by Gasteiger charge is 2.08. The molecule has 1 heterocycles. The van der Waals surface area contributed by atoms with Gasteiger partial charge in [0.2, 0.25) is 0 Å². The largest absolute Gasteiger partial charge is 0.497 e. The Morgan fingerprint density at radius 2 is 2.05 bits per heavy atom. The maximum Gasteiger partial charge on any atom is 0.142 e. The van der Waals surface area contributed by atoms with E-state index in [0.29, 0.717) is 23.6 Å². The van der Waals surface area contributed by atoms with E-state index in [9.17, 15) is 4.39 Å². The summed E-state index contributed by atoms with van der Waals surface area (Å²) >= 11 is 0. The van der Waals surface area contributed by atoms with Gasteiger partial charge in [-0.25, -0.2) is 4.39 Å². The van der Waals surface area contributed by atoms with Crippen LogP contribution in [0.4, 0.5) is 4.39 Å². The number of hydrogen-bond acceptors (Lipinski definition) is 4. The number of nitrogens with zero attached hydrogens (tertiary/aromatic N) is 1. The lowest BCUT2D eigenvalue weighted by molar-refractivity contribution is 0.293. The fourth-order valence-electron chi connectivity index (χ4n) is 1.95. The molecule has 1 aromatic heterocycles. The zero-order chi connectivity index (χ0) is 15.2. The van der Waals surface area contributed by atoms with Gasteiger partial charge in [-0.2, -0.15) is 0 Å². The Morgan fingerprint density at radius 3 is 2.71 bits per heavy atom. The van der Waals surface area contributed by atoms with Crippen molar-refractivity contribution in [2.45, 2.75) is 20.1 Å². The van der Waals surface area contributed by atoms with Crippen molar-refractivity contribution in [3.8, 4) is 11.5 Å². The SMILES string of the molecule is CNCc1nc(C)ccc1OCc1ccc(OC)cc1F. The Hall–Kier alpha value is -2.14. The van der Waals surface area contributed by atoms with Crippen LogP contribution in [0.3, 0.4) is 0 Å². The minimum Gasteiger partial charge on any atom is -0.497 e. The van der Waals surface area contributed by atoms with Crippen LogP contribution in [0.25, 0.3) is 0 Å². The molecule has 0 amide bonds. The Morgan fingerprint density at radius 1 is 1.24 bits per heavy atom. The highest BCUT2D eigenvalue weighted by atomic mass is 19.1. The molecule has 1 aromatic carbocycles. The van der Waals surface area contributed by atoms with Crippen LogP contribution in [-0.4, -0.2) is 19.1 Å². The van der Waals surface area contributed by atoms with Gasteiger partial charge in [-0.05, 0) is 38.2 Å². The van der Waals surface area contributed by atoms with Gasteiger partial charge in [-0.15, -0.1) is 0 Å². The smallest absolute Gasteiger partial charge is 0.142 e. The molecule has 1 N–H and O–H groups in total. The predicted molar refractivity (Wildman–Crippen MR) is 79.0 cm³/mol. The number of hydrogen-bond donors (Lipinski definition) is 1. The summed E-state index contributed by atoms with van der Waals surface area (Å²) in [5.74, 6) is 0.805. The topological polar surface area (TPSA) is 43.4 Å². The summed E-state index contributed by atoms with van der Waals surface area (Å²) in [7, 11) is 3.35. The summed E-state index contributed by atoms with van der Waals surface area (Å²) in [6.07, 6.45) is 0. The van der Waals surface area contributed by atoms with Crippen LogP contribution in [0.5, 0.6) is 11.5 Å². The van der Waals surface area contributed by atoms with E-state index in [-0.39, 0.29) is 12.4 Å². The monoisotopic (exact) mass is 290 g/mol. The van der Waals surface area contributed by atoms with Crippen molar-refractivity contribution in [2.75, 3.05) is 14.2 Å². The molecule has 0 saturated carbocycles. The van der Waals surface area contributed by atoms with Crippen molar-refractivity contribution in [1.29, 1.82) is 0 Å². The van der Waals surface area contributed by atoms with Crippen LogP contribution in [0, 0.1) is 12.7 Å². The van der Waals surface area contributed by atoms with Crippen molar-refractivity contribution in [1.82, 2.24) is 10.3 Å².